The highest BCUT2D eigenvalue weighted by atomic mass is 19.4. The van der Waals surface area contributed by atoms with Gasteiger partial charge in [0.05, 0.1) is 6.26 Å². The predicted octanol–water partition coefficient (Wildman–Crippen LogP) is 4.44. The summed E-state index contributed by atoms with van der Waals surface area (Å²) >= 11 is 0. The van der Waals surface area contributed by atoms with Crippen LogP contribution in [0.1, 0.15) is 43.4 Å². The van der Waals surface area contributed by atoms with Crippen LogP contribution in [-0.4, -0.2) is 18.0 Å². The molecule has 0 saturated heterocycles. The Hall–Kier alpha value is -2.77. The minimum Gasteiger partial charge on any atom is -0.466 e. The molecular formula is C21H23F3N2O3. The van der Waals surface area contributed by atoms with E-state index in [-0.39, 0.29) is 11.4 Å². The van der Waals surface area contributed by atoms with Gasteiger partial charge in [-0.2, -0.15) is 13.2 Å². The second-order valence-corrected chi connectivity index (χ2v) is 7.42. The maximum atomic E-state index is 13.7. The summed E-state index contributed by atoms with van der Waals surface area (Å²) in [6.45, 7) is 1.69. The van der Waals surface area contributed by atoms with Crippen LogP contribution in [0.25, 0.3) is 0 Å². The number of alkyl halides is 3. The molecule has 2 amide bonds. The first-order valence-corrected chi connectivity index (χ1v) is 9.51. The highest BCUT2D eigenvalue weighted by Crippen LogP contribution is 2.47. The van der Waals surface area contributed by atoms with Crippen LogP contribution in [0.3, 0.4) is 0 Å². The second kappa shape index (κ2) is 7.93. The molecule has 0 spiro atoms. The number of furan rings is 1. The van der Waals surface area contributed by atoms with Crippen LogP contribution < -0.4 is 10.6 Å². The van der Waals surface area contributed by atoms with Gasteiger partial charge in [0.1, 0.15) is 5.76 Å². The summed E-state index contributed by atoms with van der Waals surface area (Å²) in [5, 5.41) is 0. The zero-order valence-electron chi connectivity index (χ0n) is 16.0. The summed E-state index contributed by atoms with van der Waals surface area (Å²) in [6, 6.07) is 8.93. The van der Waals surface area contributed by atoms with Crippen molar-refractivity contribution >= 4 is 17.5 Å². The fraction of sp³-hybridized carbons (Fsp3) is 0.429. The van der Waals surface area contributed by atoms with E-state index in [2.05, 4.69) is 0 Å². The van der Waals surface area contributed by atoms with Gasteiger partial charge in [-0.25, -0.2) is 0 Å². The summed E-state index contributed by atoms with van der Waals surface area (Å²) in [7, 11) is 0. The topological polar surface area (TPSA) is 76.5 Å². The summed E-state index contributed by atoms with van der Waals surface area (Å²) in [6.07, 6.45) is -0.673. The number of carbonyl (C=O) groups excluding carboxylic acids is 2. The molecule has 0 aliphatic heterocycles. The number of nitrogens with two attached hydrogens (primary N) is 1. The van der Waals surface area contributed by atoms with Crippen molar-refractivity contribution < 1.29 is 27.2 Å². The summed E-state index contributed by atoms with van der Waals surface area (Å²) in [5.74, 6) is -3.86. The number of hydrogen-bond donors (Lipinski definition) is 1. The standard InChI is InChI=1S/C21H23F3N2O3/c1-14-7-5-10-16(13-14)26(19(28)21(22,23)24)20(18(25)27,17-11-6-12-29-17)15-8-3-2-4-9-15/h5-7,10-13,15H,2-4,8-9H2,1H3,(H2,25,27). The Bertz CT molecular complexity index is 874. The van der Waals surface area contributed by atoms with E-state index in [4.69, 9.17) is 10.2 Å². The average Bonchev–Trinajstić information content (AvgIpc) is 3.20. The Morgan fingerprint density at radius 1 is 1.10 bits per heavy atom. The van der Waals surface area contributed by atoms with Crippen LogP contribution in [0.2, 0.25) is 0 Å². The lowest BCUT2D eigenvalue weighted by molar-refractivity contribution is -0.173. The summed E-state index contributed by atoms with van der Waals surface area (Å²) in [5.41, 5.74) is 4.31. The highest BCUT2D eigenvalue weighted by Gasteiger charge is 2.59. The summed E-state index contributed by atoms with van der Waals surface area (Å²) < 4.78 is 46.6. The van der Waals surface area contributed by atoms with Crippen LogP contribution in [0.4, 0.5) is 18.9 Å². The number of benzene rings is 1. The molecule has 3 rings (SSSR count). The van der Waals surface area contributed by atoms with Crippen molar-refractivity contribution in [3.05, 3.63) is 54.0 Å². The van der Waals surface area contributed by atoms with Crippen molar-refractivity contribution in [1.82, 2.24) is 0 Å². The predicted molar refractivity (Wildman–Crippen MR) is 101 cm³/mol. The third-order valence-electron chi connectivity index (χ3n) is 5.53. The minimum absolute atomic E-state index is 0.0481. The van der Waals surface area contributed by atoms with E-state index in [0.717, 1.165) is 19.3 Å². The molecule has 2 aromatic rings. The molecule has 1 aliphatic rings. The number of halogens is 3. The lowest BCUT2D eigenvalue weighted by atomic mass is 9.71. The van der Waals surface area contributed by atoms with E-state index in [1.54, 1.807) is 13.0 Å². The third kappa shape index (κ3) is 3.75. The zero-order valence-corrected chi connectivity index (χ0v) is 16.0. The average molecular weight is 408 g/mol. The van der Waals surface area contributed by atoms with Gasteiger partial charge in [-0.05, 0) is 55.5 Å². The first kappa shape index (κ1) is 21.0. The maximum absolute atomic E-state index is 13.7. The molecule has 1 aromatic heterocycles. The van der Waals surface area contributed by atoms with Gasteiger partial charge < -0.3 is 10.2 Å². The number of amides is 2. The Labute approximate surface area is 166 Å². The van der Waals surface area contributed by atoms with Crippen molar-refractivity contribution in [2.24, 2.45) is 11.7 Å². The zero-order chi connectivity index (χ0) is 21.2. The van der Waals surface area contributed by atoms with Crippen molar-refractivity contribution in [1.29, 1.82) is 0 Å². The van der Waals surface area contributed by atoms with E-state index in [1.165, 1.54) is 36.6 Å². The molecule has 1 unspecified atom stereocenters. The van der Waals surface area contributed by atoms with Crippen molar-refractivity contribution in [3.8, 4) is 0 Å². The number of aryl methyl sites for hydroxylation is 1. The van der Waals surface area contributed by atoms with Crippen LogP contribution >= 0.6 is 0 Å². The first-order chi connectivity index (χ1) is 13.7. The van der Waals surface area contributed by atoms with Crippen LogP contribution in [-0.2, 0) is 15.1 Å². The number of primary amides is 1. The second-order valence-electron chi connectivity index (χ2n) is 7.42. The lowest BCUT2D eigenvalue weighted by Crippen LogP contribution is -2.64. The van der Waals surface area contributed by atoms with E-state index >= 15 is 0 Å². The van der Waals surface area contributed by atoms with Crippen LogP contribution in [0, 0.1) is 12.8 Å². The van der Waals surface area contributed by atoms with Gasteiger partial charge in [-0.15, -0.1) is 0 Å². The smallest absolute Gasteiger partial charge is 0.466 e. The van der Waals surface area contributed by atoms with Crippen LogP contribution in [0.5, 0.6) is 0 Å². The fourth-order valence-electron chi connectivity index (χ4n) is 4.32. The highest BCUT2D eigenvalue weighted by molar-refractivity contribution is 6.05. The number of rotatable bonds is 5. The first-order valence-electron chi connectivity index (χ1n) is 9.51. The van der Waals surface area contributed by atoms with Crippen LogP contribution in [0.15, 0.2) is 47.1 Å². The number of carbonyl (C=O) groups is 2. The van der Waals surface area contributed by atoms with E-state index in [1.807, 2.05) is 0 Å². The van der Waals surface area contributed by atoms with Crippen molar-refractivity contribution in [2.45, 2.75) is 50.7 Å². The molecule has 0 radical (unpaired) electrons. The van der Waals surface area contributed by atoms with Gasteiger partial charge in [-0.3, -0.25) is 14.5 Å². The van der Waals surface area contributed by atoms with Gasteiger partial charge in [0.2, 0.25) is 0 Å². The van der Waals surface area contributed by atoms with Gasteiger partial charge in [0.15, 0.2) is 5.54 Å². The fourth-order valence-corrected chi connectivity index (χ4v) is 4.32. The molecule has 0 bridgehead atoms. The molecular weight excluding hydrogens is 385 g/mol. The molecule has 1 atom stereocenters. The monoisotopic (exact) mass is 408 g/mol. The number of hydrogen-bond acceptors (Lipinski definition) is 3. The molecule has 1 aromatic carbocycles. The van der Waals surface area contributed by atoms with Gasteiger partial charge in [0.25, 0.3) is 5.91 Å². The number of nitrogens with zero attached hydrogens (tertiary/aromatic N) is 1. The molecule has 156 valence electrons. The Balaban J connectivity index is 2.33. The third-order valence-corrected chi connectivity index (χ3v) is 5.53. The molecule has 1 heterocycles. The molecule has 1 saturated carbocycles. The maximum Gasteiger partial charge on any atom is 0.471 e. The number of anilines is 1. The quantitative estimate of drug-likeness (QED) is 0.794. The Morgan fingerprint density at radius 3 is 2.31 bits per heavy atom. The molecule has 8 heteroatoms. The minimum atomic E-state index is -5.20. The molecule has 5 nitrogen and oxygen atoms in total. The molecule has 29 heavy (non-hydrogen) atoms. The molecule has 1 fully saturated rings. The molecule has 1 aliphatic carbocycles. The molecule has 2 N–H and O–H groups in total. The van der Waals surface area contributed by atoms with Crippen molar-refractivity contribution in [3.63, 3.8) is 0 Å². The normalized spacial score (nSPS) is 17.5. The van der Waals surface area contributed by atoms with E-state index in [9.17, 15) is 22.8 Å². The largest absolute Gasteiger partial charge is 0.471 e. The van der Waals surface area contributed by atoms with Gasteiger partial charge in [0, 0.05) is 5.69 Å². The van der Waals surface area contributed by atoms with Gasteiger partial charge in [-0.1, -0.05) is 31.4 Å². The van der Waals surface area contributed by atoms with E-state index in [0.29, 0.717) is 23.3 Å². The Kier molecular flexibility index (Phi) is 5.73. The van der Waals surface area contributed by atoms with Gasteiger partial charge >= 0.3 is 12.1 Å². The van der Waals surface area contributed by atoms with E-state index < -0.39 is 29.4 Å². The lowest BCUT2D eigenvalue weighted by Gasteiger charge is -2.46. The summed E-state index contributed by atoms with van der Waals surface area (Å²) in [4.78, 5) is 26.2. The SMILES string of the molecule is Cc1cccc(N(C(=O)C(F)(F)F)C(C(N)=O)(c2ccco2)C2CCCCC2)c1. The Morgan fingerprint density at radius 2 is 1.79 bits per heavy atom. The van der Waals surface area contributed by atoms with Crippen molar-refractivity contribution in [2.75, 3.05) is 4.90 Å².